The van der Waals surface area contributed by atoms with Gasteiger partial charge in [0, 0.05) is 29.3 Å². The van der Waals surface area contributed by atoms with Crippen molar-refractivity contribution in [1.29, 1.82) is 5.26 Å². The highest BCUT2D eigenvalue weighted by atomic mass is 16.2. The fourth-order valence-corrected chi connectivity index (χ4v) is 12.0. The van der Waals surface area contributed by atoms with E-state index in [4.69, 9.17) is 0 Å². The molecule has 4 fully saturated rings. The van der Waals surface area contributed by atoms with E-state index in [1.807, 2.05) is 56.5 Å². The van der Waals surface area contributed by atoms with Gasteiger partial charge in [-0.3, -0.25) is 19.0 Å². The number of allylic oxidation sites excluding steroid dienone is 2. The van der Waals surface area contributed by atoms with Crippen LogP contribution in [0.4, 0.5) is 0 Å². The first-order chi connectivity index (χ1) is 21.6. The Balaban J connectivity index is 1.35. The van der Waals surface area contributed by atoms with Crippen LogP contribution in [0.3, 0.4) is 0 Å². The molecule has 242 valence electrons. The van der Waals surface area contributed by atoms with Crippen LogP contribution in [0.5, 0.6) is 0 Å². The second-order valence-corrected chi connectivity index (χ2v) is 17.6. The summed E-state index contributed by atoms with van der Waals surface area (Å²) in [4.78, 5) is 48.0. The summed E-state index contributed by atoms with van der Waals surface area (Å²) < 4.78 is 1.77. The van der Waals surface area contributed by atoms with Gasteiger partial charge in [-0.15, -0.1) is 0 Å². The predicted molar refractivity (Wildman–Crippen MR) is 177 cm³/mol. The molecule has 2 aromatic rings. The number of carbonyl (C=O) groups is 3. The number of hydrogen-bond donors (Lipinski definition) is 0. The minimum atomic E-state index is -0.662. The Kier molecular flexibility index (Phi) is 6.69. The second kappa shape index (κ2) is 9.85. The number of nitrogens with zero attached hydrogens (tertiary/aromatic N) is 3. The van der Waals surface area contributed by atoms with Gasteiger partial charge in [-0.05, 0) is 90.9 Å². The van der Waals surface area contributed by atoms with Crippen molar-refractivity contribution in [2.24, 2.45) is 56.2 Å². The Hall–Kier alpha value is -3.33. The molecular formula is C40H49N3O3. The quantitative estimate of drug-likeness (QED) is 0.336. The van der Waals surface area contributed by atoms with Gasteiger partial charge < -0.3 is 0 Å². The van der Waals surface area contributed by atoms with Crippen LogP contribution < -0.4 is 0 Å². The molecule has 0 saturated heterocycles. The average molecular weight is 620 g/mol. The fourth-order valence-electron chi connectivity index (χ4n) is 12.0. The summed E-state index contributed by atoms with van der Waals surface area (Å²) in [6.45, 7) is 15.6. The number of Topliss-reactive ketones (excluding diaryl/α,β-unsaturated/α-hetero) is 1. The normalized spacial score (nSPS) is 40.8. The molecule has 6 nitrogen and oxygen atoms in total. The Labute approximate surface area is 274 Å². The monoisotopic (exact) mass is 619 g/mol. The van der Waals surface area contributed by atoms with Gasteiger partial charge in [0.05, 0.1) is 11.5 Å². The number of imidazole rings is 1. The highest BCUT2D eigenvalue weighted by Crippen LogP contribution is 2.75. The minimum absolute atomic E-state index is 0.0203. The highest BCUT2D eigenvalue weighted by molar-refractivity contribution is 5.98. The number of ketones is 2. The number of benzene rings is 1. The molecule has 8 atom stereocenters. The van der Waals surface area contributed by atoms with Gasteiger partial charge in [0.2, 0.25) is 5.91 Å². The van der Waals surface area contributed by atoms with Crippen molar-refractivity contribution in [2.45, 2.75) is 99.8 Å². The van der Waals surface area contributed by atoms with Crippen molar-refractivity contribution >= 4 is 17.5 Å². The summed E-state index contributed by atoms with van der Waals surface area (Å²) in [6, 6.07) is 12.2. The first-order valence-corrected chi connectivity index (χ1v) is 17.4. The van der Waals surface area contributed by atoms with Gasteiger partial charge in [-0.1, -0.05) is 84.4 Å². The van der Waals surface area contributed by atoms with Crippen LogP contribution >= 0.6 is 0 Å². The standard InChI is InChI=1S/C40H49N3O3/c1-35(2)15-17-40(34(46)43-20-19-42-33(43)25-11-9-8-10-12-25)18-16-39(7)31(27(40)23-35)28(44)21-30-37(5)22-26(24-41)32(45)36(3,4)29(37)13-14-38(30,39)6/h8-12,19-21,26-27,29,31H,13-18,22-23H2,1-7H3/t26?,27?,29-,31?,37-,38+,39+,40-/m0/s1. The van der Waals surface area contributed by atoms with E-state index in [1.165, 1.54) is 0 Å². The van der Waals surface area contributed by atoms with E-state index in [9.17, 15) is 14.9 Å². The molecule has 7 rings (SSSR count). The summed E-state index contributed by atoms with van der Waals surface area (Å²) in [5, 5.41) is 10.1. The molecular weight excluding hydrogens is 570 g/mol. The van der Waals surface area contributed by atoms with Crippen LogP contribution in [0.2, 0.25) is 0 Å². The van der Waals surface area contributed by atoms with Crippen molar-refractivity contribution in [2.75, 3.05) is 0 Å². The highest BCUT2D eigenvalue weighted by Gasteiger charge is 2.71. The van der Waals surface area contributed by atoms with Gasteiger partial charge in [-0.25, -0.2) is 4.98 Å². The van der Waals surface area contributed by atoms with Crippen molar-refractivity contribution in [3.05, 3.63) is 54.4 Å². The summed E-state index contributed by atoms with van der Waals surface area (Å²) in [6.07, 6.45) is 11.9. The van der Waals surface area contributed by atoms with Gasteiger partial charge in [-0.2, -0.15) is 5.26 Å². The van der Waals surface area contributed by atoms with E-state index >= 15 is 4.79 Å². The van der Waals surface area contributed by atoms with Crippen LogP contribution in [0.1, 0.15) is 105 Å². The number of hydrogen-bond acceptors (Lipinski definition) is 5. The smallest absolute Gasteiger partial charge is 0.238 e. The lowest BCUT2D eigenvalue weighted by Gasteiger charge is -2.69. The van der Waals surface area contributed by atoms with Crippen LogP contribution in [0.15, 0.2) is 54.4 Å². The second-order valence-electron chi connectivity index (χ2n) is 17.6. The molecule has 0 spiro atoms. The Morgan fingerprint density at radius 3 is 2.33 bits per heavy atom. The molecule has 1 aromatic carbocycles. The van der Waals surface area contributed by atoms with Crippen molar-refractivity contribution in [3.63, 3.8) is 0 Å². The van der Waals surface area contributed by atoms with Crippen molar-refractivity contribution < 1.29 is 14.4 Å². The van der Waals surface area contributed by atoms with Gasteiger partial charge in [0.15, 0.2) is 11.6 Å². The number of carbonyl (C=O) groups excluding carboxylic acids is 3. The molecule has 46 heavy (non-hydrogen) atoms. The zero-order valence-electron chi connectivity index (χ0n) is 28.7. The fraction of sp³-hybridized carbons (Fsp3) is 0.625. The van der Waals surface area contributed by atoms with Crippen LogP contribution in [-0.2, 0) is 9.59 Å². The lowest BCUT2D eigenvalue weighted by Crippen LogP contribution is -2.66. The zero-order chi connectivity index (χ0) is 33.1. The van der Waals surface area contributed by atoms with Crippen molar-refractivity contribution in [1.82, 2.24) is 9.55 Å². The number of rotatable bonds is 2. The van der Waals surface area contributed by atoms with Crippen LogP contribution in [0, 0.1) is 67.5 Å². The van der Waals surface area contributed by atoms with E-state index in [2.05, 4.69) is 45.7 Å². The van der Waals surface area contributed by atoms with Crippen molar-refractivity contribution in [3.8, 4) is 17.5 Å². The van der Waals surface area contributed by atoms with E-state index in [0.717, 1.165) is 56.1 Å². The molecule has 3 unspecified atom stereocenters. The number of fused-ring (bicyclic) bond motifs is 7. The largest absolute Gasteiger partial charge is 0.298 e. The zero-order valence-corrected chi connectivity index (χ0v) is 28.7. The average Bonchev–Trinajstić information content (AvgIpc) is 3.50. The van der Waals surface area contributed by atoms with Gasteiger partial charge in [0.1, 0.15) is 11.7 Å². The molecule has 0 N–H and O–H groups in total. The third-order valence-corrected chi connectivity index (χ3v) is 14.6. The summed E-state index contributed by atoms with van der Waals surface area (Å²) in [5.74, 6) is 0.00349. The molecule has 1 aromatic heterocycles. The van der Waals surface area contributed by atoms with E-state index in [0.29, 0.717) is 12.2 Å². The molecule has 0 aliphatic heterocycles. The van der Waals surface area contributed by atoms with E-state index < -0.39 is 22.2 Å². The summed E-state index contributed by atoms with van der Waals surface area (Å²) >= 11 is 0. The summed E-state index contributed by atoms with van der Waals surface area (Å²) in [5.41, 5.74) is -0.196. The Morgan fingerprint density at radius 1 is 0.935 bits per heavy atom. The van der Waals surface area contributed by atoms with Crippen LogP contribution in [-0.4, -0.2) is 27.0 Å². The molecule has 6 heteroatoms. The Bertz CT molecular complexity index is 1710. The molecule has 0 bridgehead atoms. The third kappa shape index (κ3) is 3.93. The third-order valence-electron chi connectivity index (χ3n) is 14.6. The predicted octanol–water partition coefficient (Wildman–Crippen LogP) is 8.49. The lowest BCUT2D eigenvalue weighted by molar-refractivity contribution is -0.171. The molecule has 4 saturated carbocycles. The molecule has 5 aliphatic rings. The molecule has 0 radical (unpaired) electrons. The van der Waals surface area contributed by atoms with Gasteiger partial charge >= 0.3 is 0 Å². The SMILES string of the molecule is CC1(C)CC[C@]2(C(=O)n3ccnc3-c3ccccc3)CC[C@]3(C)C(C(=O)C=C4[C@@]5(C)CC(C#N)C(=O)C(C)(C)[C@@H]5CC[C@]43C)C2C1. The maximum absolute atomic E-state index is 15.0. The summed E-state index contributed by atoms with van der Waals surface area (Å²) in [7, 11) is 0. The maximum atomic E-state index is 15.0. The molecule has 5 aliphatic carbocycles. The van der Waals surface area contributed by atoms with E-state index in [-0.39, 0.29) is 51.5 Å². The number of aromatic nitrogens is 2. The van der Waals surface area contributed by atoms with Crippen LogP contribution in [0.25, 0.3) is 11.4 Å². The maximum Gasteiger partial charge on any atom is 0.238 e. The van der Waals surface area contributed by atoms with Gasteiger partial charge in [0.25, 0.3) is 0 Å². The Morgan fingerprint density at radius 2 is 1.63 bits per heavy atom. The minimum Gasteiger partial charge on any atom is -0.298 e. The first-order valence-electron chi connectivity index (χ1n) is 17.4. The molecule has 1 heterocycles. The lowest BCUT2D eigenvalue weighted by atomic mass is 9.33. The molecule has 0 amide bonds. The first kappa shape index (κ1) is 31.3. The topological polar surface area (TPSA) is 92.8 Å². The number of nitriles is 1. The van der Waals surface area contributed by atoms with E-state index in [1.54, 1.807) is 10.8 Å².